The molecule has 2 aromatic carbocycles. The molecular formula is C54H74F6N8O6. The van der Waals surface area contributed by atoms with Gasteiger partial charge in [0.25, 0.3) is 0 Å². The second-order valence-electron chi connectivity index (χ2n) is 22.7. The summed E-state index contributed by atoms with van der Waals surface area (Å²) in [5.74, 6) is 0.147. The number of urea groups is 2. The number of benzene rings is 2. The molecule has 0 radical (unpaired) electrons. The van der Waals surface area contributed by atoms with Gasteiger partial charge in [0.15, 0.2) is 0 Å². The SMILES string of the molecule is CC(C)[C@]1(C(=O)N2Cc3cc(C(F)(F)F)ccc3[C@@H](N3CCNC3=O)C2)CC[C@@H](NC2CCOCC2)C1.CC(C)[C@]1(C(=O)N2Cc3cc(C(F)(F)F)ccc3[C@H](N3CCNC3=O)C2)CC[C@@H](NC2CCOCC2)C1. The molecular weight excluding hydrogens is 971 g/mol. The van der Waals surface area contributed by atoms with E-state index in [0.29, 0.717) is 73.4 Å². The van der Waals surface area contributed by atoms with Crippen LogP contribution in [-0.4, -0.2) is 133 Å². The summed E-state index contributed by atoms with van der Waals surface area (Å²) < 4.78 is 92.3. The van der Waals surface area contributed by atoms with E-state index < -0.39 is 46.4 Å². The molecule has 2 aromatic rings. The molecule has 4 saturated heterocycles. The number of amides is 6. The van der Waals surface area contributed by atoms with Crippen molar-refractivity contribution >= 4 is 23.9 Å². The summed E-state index contributed by atoms with van der Waals surface area (Å²) in [5.41, 5.74) is -0.313. The lowest BCUT2D eigenvalue weighted by Crippen LogP contribution is -2.52. The Kier molecular flexibility index (Phi) is 15.9. The van der Waals surface area contributed by atoms with Crippen LogP contribution in [0.2, 0.25) is 0 Å². The average Bonchev–Trinajstić information content (AvgIpc) is 4.21. The van der Waals surface area contributed by atoms with E-state index in [2.05, 4.69) is 49.0 Å². The van der Waals surface area contributed by atoms with Gasteiger partial charge in [-0.15, -0.1) is 0 Å². The first-order valence-electron chi connectivity index (χ1n) is 26.9. The van der Waals surface area contributed by atoms with Crippen LogP contribution in [0.1, 0.15) is 137 Å². The van der Waals surface area contributed by atoms with Gasteiger partial charge >= 0.3 is 24.4 Å². The van der Waals surface area contributed by atoms with Gasteiger partial charge in [0, 0.05) is 103 Å². The van der Waals surface area contributed by atoms with Crippen molar-refractivity contribution in [2.75, 3.05) is 65.7 Å². The number of fused-ring (bicyclic) bond motifs is 2. The normalized spacial score (nSPS) is 29.1. The number of rotatable bonds is 10. The van der Waals surface area contributed by atoms with Crippen LogP contribution in [-0.2, 0) is 44.5 Å². The minimum absolute atomic E-state index is 0.00792. The molecule has 74 heavy (non-hydrogen) atoms. The number of carbonyl (C=O) groups excluding carboxylic acids is 4. The van der Waals surface area contributed by atoms with Gasteiger partial charge in [-0.1, -0.05) is 39.8 Å². The summed E-state index contributed by atoms with van der Waals surface area (Å²) in [4.78, 5) is 60.4. The fourth-order valence-electron chi connectivity index (χ4n) is 13.4. The van der Waals surface area contributed by atoms with Crippen LogP contribution in [0.25, 0.3) is 0 Å². The first-order chi connectivity index (χ1) is 35.2. The third kappa shape index (κ3) is 11.1. The van der Waals surface area contributed by atoms with Gasteiger partial charge in [0.1, 0.15) is 0 Å². The first-order valence-corrected chi connectivity index (χ1v) is 26.9. The molecule has 408 valence electrons. The third-order valence-corrected chi connectivity index (χ3v) is 17.8. The van der Waals surface area contributed by atoms with E-state index >= 15 is 0 Å². The van der Waals surface area contributed by atoms with Crippen molar-refractivity contribution in [2.24, 2.45) is 22.7 Å². The second kappa shape index (κ2) is 21.8. The van der Waals surface area contributed by atoms with E-state index in [4.69, 9.17) is 9.47 Å². The van der Waals surface area contributed by atoms with E-state index in [9.17, 15) is 45.5 Å². The zero-order valence-corrected chi connectivity index (χ0v) is 43.1. The summed E-state index contributed by atoms with van der Waals surface area (Å²) >= 11 is 0. The second-order valence-corrected chi connectivity index (χ2v) is 22.7. The molecule has 6 atom stereocenters. The molecule has 0 spiro atoms. The lowest BCUT2D eigenvalue weighted by atomic mass is 9.73. The van der Waals surface area contributed by atoms with Crippen LogP contribution >= 0.6 is 0 Å². The van der Waals surface area contributed by atoms with Gasteiger partial charge in [-0.25, -0.2) is 9.59 Å². The topological polar surface area (TPSA) is 148 Å². The third-order valence-electron chi connectivity index (χ3n) is 17.8. The maximum Gasteiger partial charge on any atom is 0.416 e. The minimum Gasteiger partial charge on any atom is -0.381 e. The fourth-order valence-corrected chi connectivity index (χ4v) is 13.4. The van der Waals surface area contributed by atoms with Gasteiger partial charge in [-0.3, -0.25) is 9.59 Å². The molecule has 4 N–H and O–H groups in total. The highest BCUT2D eigenvalue weighted by Gasteiger charge is 2.53. The number of nitrogens with one attached hydrogen (secondary N) is 4. The Bertz CT molecular complexity index is 2210. The number of carbonyl (C=O) groups is 4. The maximum atomic E-state index is 14.3. The zero-order valence-electron chi connectivity index (χ0n) is 43.1. The van der Waals surface area contributed by atoms with E-state index in [1.807, 2.05) is 0 Å². The lowest BCUT2D eigenvalue weighted by molar-refractivity contribution is -0.147. The monoisotopic (exact) mass is 1040 g/mol. The Hall–Kier alpha value is -4.66. The van der Waals surface area contributed by atoms with Gasteiger partial charge < -0.3 is 50.3 Å². The molecule has 14 nitrogen and oxygen atoms in total. The molecule has 2 aliphatic carbocycles. The lowest BCUT2D eigenvalue weighted by Gasteiger charge is -2.44. The molecule has 8 aliphatic rings. The maximum absolute atomic E-state index is 14.3. The van der Waals surface area contributed by atoms with Crippen LogP contribution < -0.4 is 21.3 Å². The van der Waals surface area contributed by atoms with E-state index in [-0.39, 0.29) is 74.0 Å². The van der Waals surface area contributed by atoms with Crippen molar-refractivity contribution in [1.82, 2.24) is 40.9 Å². The minimum atomic E-state index is -4.48. The number of hydrogen-bond donors (Lipinski definition) is 4. The number of nitrogens with zero attached hydrogens (tertiary/aromatic N) is 4. The molecule has 6 heterocycles. The first kappa shape index (κ1) is 54.1. The van der Waals surface area contributed by atoms with E-state index in [1.54, 1.807) is 19.6 Å². The standard InChI is InChI=1S/2C27H37F3N4O3/c2*1-17(2)26(8-5-21(14-26)32-20-6-11-37-12-7-20)24(35)33-15-18-13-19(27(28,29)30)3-4-22(18)23(16-33)34-10-9-31-25(34)36/h2*3-4,13,17,20-21,23,32H,5-12,14-16H2,1-2H3,(H,31,36)/t21-,23+,26+;21-,23-,26+/m11/s1. The van der Waals surface area contributed by atoms with Crippen molar-refractivity contribution in [3.63, 3.8) is 0 Å². The number of hydrogen-bond acceptors (Lipinski definition) is 8. The predicted molar refractivity (Wildman–Crippen MR) is 263 cm³/mol. The van der Waals surface area contributed by atoms with Gasteiger partial charge in [-0.2, -0.15) is 26.3 Å². The Morgan fingerprint density at radius 1 is 0.595 bits per heavy atom. The van der Waals surface area contributed by atoms with Crippen molar-refractivity contribution in [2.45, 2.75) is 154 Å². The summed E-state index contributed by atoms with van der Waals surface area (Å²) in [5, 5.41) is 13.1. The average molecular weight is 1050 g/mol. The van der Waals surface area contributed by atoms with E-state index in [1.165, 1.54) is 12.1 Å². The van der Waals surface area contributed by atoms with Gasteiger partial charge in [0.05, 0.1) is 34.0 Å². The predicted octanol–water partition coefficient (Wildman–Crippen LogP) is 8.15. The van der Waals surface area contributed by atoms with Crippen LogP contribution in [0.15, 0.2) is 36.4 Å². The van der Waals surface area contributed by atoms with Crippen molar-refractivity contribution < 1.29 is 55.0 Å². The summed E-state index contributed by atoms with van der Waals surface area (Å²) in [6.07, 6.45) is -0.424. The summed E-state index contributed by atoms with van der Waals surface area (Å²) in [7, 11) is 0. The summed E-state index contributed by atoms with van der Waals surface area (Å²) in [6, 6.07) is 7.23. The van der Waals surface area contributed by atoms with Crippen molar-refractivity contribution in [3.8, 4) is 0 Å². The van der Waals surface area contributed by atoms with Gasteiger partial charge in [-0.05, 0) is 123 Å². The summed E-state index contributed by atoms with van der Waals surface area (Å²) in [6.45, 7) is 14.0. The van der Waals surface area contributed by atoms with Crippen molar-refractivity contribution in [1.29, 1.82) is 0 Å². The van der Waals surface area contributed by atoms with Crippen LogP contribution in [0.5, 0.6) is 0 Å². The van der Waals surface area contributed by atoms with Crippen LogP contribution in [0.4, 0.5) is 35.9 Å². The van der Waals surface area contributed by atoms with Crippen molar-refractivity contribution in [3.05, 3.63) is 69.8 Å². The number of halogens is 6. The van der Waals surface area contributed by atoms with Gasteiger partial charge in [0.2, 0.25) is 11.8 Å². The fraction of sp³-hybridized carbons (Fsp3) is 0.704. The Balaban J connectivity index is 0.000000182. The molecule has 2 saturated carbocycles. The molecule has 0 aromatic heterocycles. The highest BCUT2D eigenvalue weighted by molar-refractivity contribution is 5.85. The zero-order chi connectivity index (χ0) is 52.7. The van der Waals surface area contributed by atoms with Crippen LogP contribution in [0.3, 0.4) is 0 Å². The number of alkyl halides is 6. The Morgan fingerprint density at radius 3 is 1.30 bits per heavy atom. The Morgan fingerprint density at radius 2 is 0.973 bits per heavy atom. The molecule has 0 unspecified atom stereocenters. The largest absolute Gasteiger partial charge is 0.416 e. The molecule has 6 fully saturated rings. The highest BCUT2D eigenvalue weighted by Crippen LogP contribution is 2.50. The molecule has 0 bridgehead atoms. The Labute approximate surface area is 430 Å². The van der Waals surface area contributed by atoms with E-state index in [0.717, 1.165) is 102 Å². The molecule has 6 aliphatic heterocycles. The number of ether oxygens (including phenoxy) is 2. The molecule has 20 heteroatoms. The highest BCUT2D eigenvalue weighted by atomic mass is 19.4. The molecule has 6 amide bonds. The quantitative estimate of drug-likeness (QED) is 0.175. The van der Waals surface area contributed by atoms with Crippen LogP contribution in [0, 0.1) is 22.7 Å². The smallest absolute Gasteiger partial charge is 0.381 e. The molecule has 10 rings (SSSR count).